The number of furan rings is 1. The van der Waals surface area contributed by atoms with E-state index in [2.05, 4.69) is 199 Å². The standard InChI is InChI=1S/C57H41NOS/c1-3-14-41(15-4-1)58(42-16-5-2-6-17-42)43-33-30-38(31-34-43)37-26-28-39(29-27-37)44-35-32-40-36-52-55(49-21-9-11-24-51(49)59-52)56(54(40)47-20-8-7-18-45(44)47)50-23-13-22-48-46-19-10-12-25-53(46)60-57(48)50/h1-5,7-16,18-31,33-34,36,44H,6,17,32,35H2. The Labute approximate surface area is 354 Å². The van der Waals surface area contributed by atoms with E-state index < -0.39 is 0 Å². The van der Waals surface area contributed by atoms with Gasteiger partial charge in [0.05, 0.1) is 0 Å². The molecule has 2 aliphatic carbocycles. The van der Waals surface area contributed by atoms with E-state index in [1.807, 2.05) is 11.3 Å². The van der Waals surface area contributed by atoms with Crippen LogP contribution in [0.15, 0.2) is 204 Å². The first-order chi connectivity index (χ1) is 29.8. The number of aryl methyl sites for hydroxylation is 1. The van der Waals surface area contributed by atoms with Gasteiger partial charge >= 0.3 is 0 Å². The molecule has 8 aromatic carbocycles. The molecule has 2 nitrogen and oxygen atoms in total. The molecule has 0 N–H and O–H groups in total. The number of fused-ring (bicyclic) bond motifs is 9. The number of benzene rings is 8. The van der Waals surface area contributed by atoms with Crippen molar-refractivity contribution in [3.63, 3.8) is 0 Å². The lowest BCUT2D eigenvalue weighted by Crippen LogP contribution is -2.17. The number of hydrogen-bond donors (Lipinski definition) is 0. The number of thiophene rings is 1. The van der Waals surface area contributed by atoms with Gasteiger partial charge in [0.15, 0.2) is 0 Å². The molecule has 2 aliphatic rings. The predicted molar refractivity (Wildman–Crippen MR) is 255 cm³/mol. The van der Waals surface area contributed by atoms with Crippen molar-refractivity contribution in [2.45, 2.75) is 31.6 Å². The van der Waals surface area contributed by atoms with Gasteiger partial charge in [0.25, 0.3) is 0 Å². The van der Waals surface area contributed by atoms with E-state index in [4.69, 9.17) is 4.42 Å². The Morgan fingerprint density at radius 1 is 0.550 bits per heavy atom. The molecule has 1 unspecified atom stereocenters. The van der Waals surface area contributed by atoms with Gasteiger partial charge in [-0.1, -0.05) is 146 Å². The molecule has 0 radical (unpaired) electrons. The number of allylic oxidation sites excluding steroid dienone is 4. The SMILES string of the molecule is C1=CCCC(N(c2ccccc2)c2ccc(-c3ccc(C4CCc5cc6oc7ccccc7c6c(-c6cccc7c6sc6ccccc67)c5-c5ccccc54)cc3)cc2)=C1. The maximum Gasteiger partial charge on any atom is 0.136 e. The average molecular weight is 788 g/mol. The number of anilines is 2. The summed E-state index contributed by atoms with van der Waals surface area (Å²) in [5, 5.41) is 5.01. The van der Waals surface area contributed by atoms with Gasteiger partial charge < -0.3 is 9.32 Å². The van der Waals surface area contributed by atoms with Gasteiger partial charge in [-0.25, -0.2) is 0 Å². The fourth-order valence-corrected chi connectivity index (χ4v) is 11.3. The van der Waals surface area contributed by atoms with E-state index in [0.717, 1.165) is 36.8 Å². The minimum Gasteiger partial charge on any atom is -0.456 e. The van der Waals surface area contributed by atoms with Gasteiger partial charge in [0.1, 0.15) is 11.2 Å². The predicted octanol–water partition coefficient (Wildman–Crippen LogP) is 16.4. The molecule has 0 amide bonds. The number of hydrogen-bond acceptors (Lipinski definition) is 3. The highest BCUT2D eigenvalue weighted by Crippen LogP contribution is 2.52. The maximum absolute atomic E-state index is 6.72. The molecule has 1 atom stereocenters. The lowest BCUT2D eigenvalue weighted by atomic mass is 9.83. The number of para-hydroxylation sites is 2. The molecule has 286 valence electrons. The molecule has 0 bridgehead atoms. The second kappa shape index (κ2) is 14.4. The molecule has 0 saturated carbocycles. The number of nitrogens with zero attached hydrogens (tertiary/aromatic N) is 1. The van der Waals surface area contributed by atoms with E-state index in [9.17, 15) is 0 Å². The van der Waals surface area contributed by atoms with Crippen LogP contribution in [-0.2, 0) is 6.42 Å². The van der Waals surface area contributed by atoms with E-state index in [0.29, 0.717) is 0 Å². The summed E-state index contributed by atoms with van der Waals surface area (Å²) in [4.78, 5) is 2.39. The molecule has 12 rings (SSSR count). The fraction of sp³-hybridized carbons (Fsp3) is 0.0877. The van der Waals surface area contributed by atoms with Gasteiger partial charge in [-0.2, -0.15) is 0 Å². The zero-order chi connectivity index (χ0) is 39.6. The van der Waals surface area contributed by atoms with E-state index >= 15 is 0 Å². The Bertz CT molecular complexity index is 3310. The molecule has 0 spiro atoms. The van der Waals surface area contributed by atoms with Crippen molar-refractivity contribution in [1.29, 1.82) is 0 Å². The minimum absolute atomic E-state index is 0.248. The minimum atomic E-state index is 0.248. The van der Waals surface area contributed by atoms with Crippen molar-refractivity contribution in [2.75, 3.05) is 4.90 Å². The van der Waals surface area contributed by atoms with Crippen LogP contribution in [0.5, 0.6) is 0 Å². The molecule has 3 heteroatoms. The summed E-state index contributed by atoms with van der Waals surface area (Å²) in [5.41, 5.74) is 17.4. The summed E-state index contributed by atoms with van der Waals surface area (Å²) in [7, 11) is 0. The van der Waals surface area contributed by atoms with Crippen LogP contribution in [-0.4, -0.2) is 0 Å². The quantitative estimate of drug-likeness (QED) is 0.167. The molecule has 60 heavy (non-hydrogen) atoms. The third-order valence-electron chi connectivity index (χ3n) is 12.8. The van der Waals surface area contributed by atoms with Crippen LogP contribution < -0.4 is 4.90 Å². The largest absolute Gasteiger partial charge is 0.456 e. The highest BCUT2D eigenvalue weighted by atomic mass is 32.1. The first-order valence-electron chi connectivity index (χ1n) is 21.2. The Morgan fingerprint density at radius 3 is 2.08 bits per heavy atom. The summed E-state index contributed by atoms with van der Waals surface area (Å²) in [6.45, 7) is 0. The summed E-state index contributed by atoms with van der Waals surface area (Å²) in [5.74, 6) is 0.248. The van der Waals surface area contributed by atoms with Gasteiger partial charge in [0.2, 0.25) is 0 Å². The van der Waals surface area contributed by atoms with Crippen LogP contribution in [0.25, 0.3) is 75.5 Å². The third-order valence-corrected chi connectivity index (χ3v) is 14.0. The molecule has 2 heterocycles. The van der Waals surface area contributed by atoms with Crippen molar-refractivity contribution in [3.8, 4) is 33.4 Å². The van der Waals surface area contributed by atoms with Crippen molar-refractivity contribution >= 4 is 64.8 Å². The first kappa shape index (κ1) is 35.0. The van der Waals surface area contributed by atoms with Crippen LogP contribution in [0.2, 0.25) is 0 Å². The number of rotatable bonds is 6. The van der Waals surface area contributed by atoms with Crippen LogP contribution in [0.4, 0.5) is 11.4 Å². The Hall–Kier alpha value is -6.94. The van der Waals surface area contributed by atoms with Crippen LogP contribution in [0, 0.1) is 0 Å². The third kappa shape index (κ3) is 5.76. The lowest BCUT2D eigenvalue weighted by Gasteiger charge is -2.29. The van der Waals surface area contributed by atoms with Crippen LogP contribution in [0.1, 0.15) is 41.9 Å². The normalized spacial score (nSPS) is 14.9. The lowest BCUT2D eigenvalue weighted by molar-refractivity contribution is 0.667. The van der Waals surface area contributed by atoms with E-state index in [1.165, 1.54) is 98.1 Å². The molecule has 2 aromatic heterocycles. The average Bonchev–Trinajstić information content (AvgIpc) is 3.83. The van der Waals surface area contributed by atoms with Crippen molar-refractivity contribution in [3.05, 3.63) is 217 Å². The summed E-state index contributed by atoms with van der Waals surface area (Å²) >= 11 is 1.90. The highest BCUT2D eigenvalue weighted by Gasteiger charge is 2.30. The molecular formula is C57H41NOS. The van der Waals surface area contributed by atoms with Crippen molar-refractivity contribution in [1.82, 2.24) is 0 Å². The Balaban J connectivity index is 0.957. The summed E-state index contributed by atoms with van der Waals surface area (Å²) in [6.07, 6.45) is 10.7. The zero-order valence-corrected chi connectivity index (χ0v) is 34.0. The molecule has 0 fully saturated rings. The van der Waals surface area contributed by atoms with Gasteiger partial charge in [-0.3, -0.25) is 0 Å². The Morgan fingerprint density at radius 2 is 1.25 bits per heavy atom. The molecular weight excluding hydrogens is 747 g/mol. The molecule has 10 aromatic rings. The molecule has 0 saturated heterocycles. The van der Waals surface area contributed by atoms with Gasteiger partial charge in [-0.15, -0.1) is 11.3 Å². The molecule has 0 aliphatic heterocycles. The van der Waals surface area contributed by atoms with E-state index in [1.54, 1.807) is 0 Å². The first-order valence-corrected chi connectivity index (χ1v) is 22.0. The van der Waals surface area contributed by atoms with E-state index in [-0.39, 0.29) is 5.92 Å². The highest BCUT2D eigenvalue weighted by molar-refractivity contribution is 7.26. The fourth-order valence-electron chi connectivity index (χ4n) is 10.0. The Kier molecular flexibility index (Phi) is 8.41. The smallest absolute Gasteiger partial charge is 0.136 e. The zero-order valence-electron chi connectivity index (χ0n) is 33.1. The van der Waals surface area contributed by atoms with Crippen LogP contribution >= 0.6 is 11.3 Å². The van der Waals surface area contributed by atoms with Crippen molar-refractivity contribution in [2.24, 2.45) is 0 Å². The van der Waals surface area contributed by atoms with Gasteiger partial charge in [0, 0.05) is 65.1 Å². The summed E-state index contributed by atoms with van der Waals surface area (Å²) < 4.78 is 9.36. The van der Waals surface area contributed by atoms with Crippen LogP contribution in [0.3, 0.4) is 0 Å². The second-order valence-corrected chi connectivity index (χ2v) is 17.2. The van der Waals surface area contributed by atoms with Gasteiger partial charge in [-0.05, 0) is 113 Å². The topological polar surface area (TPSA) is 16.4 Å². The van der Waals surface area contributed by atoms with Crippen molar-refractivity contribution < 1.29 is 4.42 Å². The summed E-state index contributed by atoms with van der Waals surface area (Å²) in [6, 6.07) is 65.0. The maximum atomic E-state index is 6.72. The monoisotopic (exact) mass is 787 g/mol. The second-order valence-electron chi connectivity index (χ2n) is 16.2.